The van der Waals surface area contributed by atoms with Crippen molar-refractivity contribution in [3.05, 3.63) is 95.6 Å². The summed E-state index contributed by atoms with van der Waals surface area (Å²) >= 11 is 0. The highest BCUT2D eigenvalue weighted by Gasteiger charge is 2.31. The van der Waals surface area contributed by atoms with Crippen LogP contribution in [0.15, 0.2) is 84.0 Å². The van der Waals surface area contributed by atoms with E-state index in [1.807, 2.05) is 0 Å². The first-order chi connectivity index (χ1) is 17.7. The molecule has 0 aromatic heterocycles. The molecule has 1 aliphatic rings. The molecule has 0 aliphatic carbocycles. The predicted octanol–water partition coefficient (Wildman–Crippen LogP) is 5.06. The van der Waals surface area contributed by atoms with Crippen molar-refractivity contribution in [2.24, 2.45) is 5.10 Å². The van der Waals surface area contributed by atoms with Crippen LogP contribution >= 0.6 is 0 Å². The summed E-state index contributed by atoms with van der Waals surface area (Å²) < 4.78 is 44.8. The fourth-order valence-corrected chi connectivity index (χ4v) is 3.72. The number of rotatable bonds is 7. The smallest absolute Gasteiger partial charge is 0.416 e. The van der Waals surface area contributed by atoms with E-state index in [0.29, 0.717) is 24.2 Å². The van der Waals surface area contributed by atoms with E-state index >= 15 is 0 Å². The summed E-state index contributed by atoms with van der Waals surface area (Å²) in [5.41, 5.74) is 0.331. The highest BCUT2D eigenvalue weighted by Crippen LogP contribution is 2.32. The Bertz CT molecular complexity index is 1310. The minimum absolute atomic E-state index is 0.00617. The molecule has 10 heteroatoms. The van der Waals surface area contributed by atoms with Gasteiger partial charge in [0.2, 0.25) is 5.91 Å². The number of hydrogen-bond acceptors (Lipinski definition) is 5. The van der Waals surface area contributed by atoms with Gasteiger partial charge in [-0.15, -0.1) is 0 Å². The Morgan fingerprint density at radius 1 is 1.00 bits per heavy atom. The van der Waals surface area contributed by atoms with Gasteiger partial charge in [-0.25, -0.2) is 4.79 Å². The number of hydrazone groups is 1. The predicted molar refractivity (Wildman–Crippen MR) is 131 cm³/mol. The van der Waals surface area contributed by atoms with E-state index in [-0.39, 0.29) is 17.2 Å². The van der Waals surface area contributed by atoms with Gasteiger partial charge in [0, 0.05) is 18.7 Å². The highest BCUT2D eigenvalue weighted by molar-refractivity contribution is 5.99. The van der Waals surface area contributed by atoms with Gasteiger partial charge in [0.05, 0.1) is 23.0 Å². The Kier molecular flexibility index (Phi) is 7.66. The van der Waals surface area contributed by atoms with Crippen molar-refractivity contribution >= 4 is 35.4 Å². The van der Waals surface area contributed by atoms with Crippen LogP contribution in [0.3, 0.4) is 0 Å². The van der Waals surface area contributed by atoms with Crippen LogP contribution in [0.4, 0.5) is 24.5 Å². The van der Waals surface area contributed by atoms with Crippen molar-refractivity contribution in [1.82, 2.24) is 0 Å². The van der Waals surface area contributed by atoms with Crippen LogP contribution in [0.2, 0.25) is 0 Å². The quantitative estimate of drug-likeness (QED) is 0.254. The molecule has 0 N–H and O–H groups in total. The zero-order valence-electron chi connectivity index (χ0n) is 19.5. The summed E-state index contributed by atoms with van der Waals surface area (Å²) in [4.78, 5) is 39.0. The van der Waals surface area contributed by atoms with Gasteiger partial charge in [-0.05, 0) is 54.4 Å². The van der Waals surface area contributed by atoms with Gasteiger partial charge in [0.25, 0.3) is 5.91 Å². The molecule has 0 bridgehead atoms. The number of amides is 2. The molecule has 0 spiro atoms. The van der Waals surface area contributed by atoms with Crippen LogP contribution in [0, 0.1) is 0 Å². The van der Waals surface area contributed by atoms with Crippen molar-refractivity contribution in [3.8, 4) is 0 Å². The minimum Gasteiger partial charge on any atom is -0.452 e. The molecule has 0 atom stereocenters. The first-order valence-corrected chi connectivity index (χ1v) is 11.4. The fraction of sp³-hybridized carbons (Fsp3) is 0.185. The van der Waals surface area contributed by atoms with E-state index in [2.05, 4.69) is 5.10 Å². The minimum atomic E-state index is -4.62. The summed E-state index contributed by atoms with van der Waals surface area (Å²) in [5.74, 6) is -1.64. The molecule has 190 valence electrons. The normalized spacial score (nSPS) is 13.7. The lowest BCUT2D eigenvalue weighted by atomic mass is 10.2. The van der Waals surface area contributed by atoms with Gasteiger partial charge < -0.3 is 9.64 Å². The summed E-state index contributed by atoms with van der Waals surface area (Å²) in [6.07, 6.45) is -2.06. The van der Waals surface area contributed by atoms with Gasteiger partial charge in [-0.2, -0.15) is 23.3 Å². The molecule has 1 fully saturated rings. The monoisotopic (exact) mass is 509 g/mol. The van der Waals surface area contributed by atoms with Gasteiger partial charge in [-0.3, -0.25) is 9.59 Å². The van der Waals surface area contributed by atoms with Crippen LogP contribution < -0.4 is 9.91 Å². The van der Waals surface area contributed by atoms with Crippen molar-refractivity contribution in [1.29, 1.82) is 0 Å². The van der Waals surface area contributed by atoms with Crippen LogP contribution in [0.25, 0.3) is 0 Å². The molecular weight excluding hydrogens is 487 g/mol. The average molecular weight is 509 g/mol. The number of halogens is 3. The topological polar surface area (TPSA) is 79.3 Å². The van der Waals surface area contributed by atoms with Gasteiger partial charge in [-0.1, -0.05) is 36.4 Å². The second kappa shape index (κ2) is 11.1. The average Bonchev–Trinajstić information content (AvgIpc) is 3.33. The number of esters is 1. The van der Waals surface area contributed by atoms with E-state index in [0.717, 1.165) is 29.6 Å². The van der Waals surface area contributed by atoms with E-state index < -0.39 is 30.2 Å². The maximum Gasteiger partial charge on any atom is 0.416 e. The van der Waals surface area contributed by atoms with Gasteiger partial charge in [0.1, 0.15) is 0 Å². The second-order valence-corrected chi connectivity index (χ2v) is 8.18. The number of nitrogens with zero attached hydrogens (tertiary/aromatic N) is 3. The number of anilines is 2. The largest absolute Gasteiger partial charge is 0.452 e. The van der Waals surface area contributed by atoms with Crippen molar-refractivity contribution in [2.75, 3.05) is 23.1 Å². The number of carbonyl (C=O) groups is 3. The number of alkyl halides is 3. The van der Waals surface area contributed by atoms with Crippen LogP contribution in [-0.4, -0.2) is 37.1 Å². The van der Waals surface area contributed by atoms with Gasteiger partial charge in [0.15, 0.2) is 6.61 Å². The second-order valence-electron chi connectivity index (χ2n) is 8.18. The molecule has 37 heavy (non-hydrogen) atoms. The SMILES string of the molecule is O=C(OCC(=O)N(N=Cc1ccccc1)c1cccc(C(F)(F)F)c1)c1ccc(N2CCCC2=O)cc1. The Hall–Kier alpha value is -4.47. The molecule has 0 saturated carbocycles. The highest BCUT2D eigenvalue weighted by atomic mass is 19.4. The molecule has 2 amide bonds. The number of carbonyl (C=O) groups excluding carboxylic acids is 3. The standard InChI is InChI=1S/C27H22F3N3O4/c28-27(29,30)21-8-4-9-23(16-21)33(31-17-19-6-2-1-3-7-19)25(35)18-37-26(36)20-11-13-22(14-12-20)32-15-5-10-24(32)34/h1-4,6-9,11-14,16-17H,5,10,15,18H2. The zero-order valence-corrected chi connectivity index (χ0v) is 19.5. The number of benzene rings is 3. The van der Waals surface area contributed by atoms with Crippen LogP contribution in [0.5, 0.6) is 0 Å². The molecule has 1 heterocycles. The maximum absolute atomic E-state index is 13.2. The molecule has 0 radical (unpaired) electrons. The van der Waals surface area contributed by atoms with Crippen LogP contribution in [0.1, 0.15) is 34.3 Å². The molecule has 1 saturated heterocycles. The Balaban J connectivity index is 1.49. The fourth-order valence-electron chi connectivity index (χ4n) is 3.72. The molecule has 7 nitrogen and oxygen atoms in total. The third kappa shape index (κ3) is 6.40. The summed E-state index contributed by atoms with van der Waals surface area (Å²) in [5, 5.41) is 4.82. The summed E-state index contributed by atoms with van der Waals surface area (Å²) in [6.45, 7) is -0.153. The van der Waals surface area contributed by atoms with E-state index in [1.165, 1.54) is 24.4 Å². The lowest BCUT2D eigenvalue weighted by molar-refractivity contribution is -0.137. The summed E-state index contributed by atoms with van der Waals surface area (Å²) in [7, 11) is 0. The molecule has 4 rings (SSSR count). The first-order valence-electron chi connectivity index (χ1n) is 11.4. The van der Waals surface area contributed by atoms with Gasteiger partial charge >= 0.3 is 12.1 Å². The summed E-state index contributed by atoms with van der Waals surface area (Å²) in [6, 6.07) is 19.0. The molecule has 3 aromatic carbocycles. The Labute approximate surface area is 210 Å². The molecular formula is C27H22F3N3O4. The zero-order chi connectivity index (χ0) is 26.4. The Morgan fingerprint density at radius 2 is 1.73 bits per heavy atom. The molecule has 3 aromatic rings. The maximum atomic E-state index is 13.2. The van der Waals surface area contributed by atoms with Crippen LogP contribution in [-0.2, 0) is 20.5 Å². The van der Waals surface area contributed by atoms with Crippen molar-refractivity contribution < 1.29 is 32.3 Å². The number of hydrogen-bond donors (Lipinski definition) is 0. The third-order valence-electron chi connectivity index (χ3n) is 5.59. The number of ether oxygens (including phenoxy) is 1. The first kappa shape index (κ1) is 25.6. The lowest BCUT2D eigenvalue weighted by Gasteiger charge is -2.19. The van der Waals surface area contributed by atoms with E-state index in [4.69, 9.17) is 4.74 Å². The van der Waals surface area contributed by atoms with Crippen molar-refractivity contribution in [2.45, 2.75) is 19.0 Å². The Morgan fingerprint density at radius 3 is 2.38 bits per heavy atom. The van der Waals surface area contributed by atoms with Crippen molar-refractivity contribution in [3.63, 3.8) is 0 Å². The third-order valence-corrected chi connectivity index (χ3v) is 5.59. The lowest BCUT2D eigenvalue weighted by Crippen LogP contribution is -2.31. The molecule has 1 aliphatic heterocycles. The van der Waals surface area contributed by atoms with E-state index in [1.54, 1.807) is 47.4 Å². The van der Waals surface area contributed by atoms with E-state index in [9.17, 15) is 27.6 Å². The molecule has 0 unspecified atom stereocenters.